The van der Waals surface area contributed by atoms with Crippen LogP contribution in [0.1, 0.15) is 61.9 Å². The average molecular weight is 414 g/mol. The second-order valence-corrected chi connectivity index (χ2v) is 8.15. The molecule has 1 aromatic heterocycles. The number of rotatable bonds is 5. The van der Waals surface area contributed by atoms with Gasteiger partial charge in [-0.3, -0.25) is 9.59 Å². The number of piperidine rings is 1. The van der Waals surface area contributed by atoms with Crippen LogP contribution in [-0.4, -0.2) is 46.7 Å². The zero-order valence-electron chi connectivity index (χ0n) is 16.8. The molecular weight excluding hydrogens is 385 g/mol. The summed E-state index contributed by atoms with van der Waals surface area (Å²) in [6, 6.07) is 3.52. The van der Waals surface area contributed by atoms with Crippen molar-refractivity contribution in [3.63, 3.8) is 0 Å². The highest BCUT2D eigenvalue weighted by Crippen LogP contribution is 2.42. The molecule has 29 heavy (non-hydrogen) atoms. The molecule has 1 aromatic rings. The molecule has 0 radical (unpaired) electrons. The van der Waals surface area contributed by atoms with Gasteiger partial charge in [0.15, 0.2) is 0 Å². The Labute approximate surface area is 169 Å². The van der Waals surface area contributed by atoms with E-state index in [1.54, 1.807) is 10.6 Å². The van der Waals surface area contributed by atoms with E-state index in [1.165, 1.54) is 0 Å². The van der Waals surface area contributed by atoms with E-state index in [9.17, 15) is 22.8 Å². The number of carbonyl (C=O) groups is 2. The molecule has 1 aliphatic heterocycles. The topological polar surface area (TPSA) is 51.5 Å². The minimum absolute atomic E-state index is 0.00909. The highest BCUT2D eigenvalue weighted by atomic mass is 19.4. The summed E-state index contributed by atoms with van der Waals surface area (Å²) >= 11 is 0. The van der Waals surface area contributed by atoms with Crippen molar-refractivity contribution < 1.29 is 27.5 Å². The Bertz CT molecular complexity index is 716. The van der Waals surface area contributed by atoms with Crippen molar-refractivity contribution >= 4 is 11.9 Å². The third kappa shape index (κ3) is 5.14. The van der Waals surface area contributed by atoms with Crippen LogP contribution in [0, 0.1) is 11.8 Å². The van der Waals surface area contributed by atoms with Gasteiger partial charge >= 0.3 is 12.1 Å². The summed E-state index contributed by atoms with van der Waals surface area (Å²) in [6.07, 6.45) is 1.93. The van der Waals surface area contributed by atoms with Gasteiger partial charge in [-0.25, -0.2) is 0 Å². The number of aryl methyl sites for hydroxylation is 1. The number of hydrogen-bond donors (Lipinski definition) is 0. The number of likely N-dealkylation sites (tertiary alicyclic amines) is 1. The number of halogens is 3. The fraction of sp³-hybridized carbons (Fsp3) is 0.714. The second-order valence-electron chi connectivity index (χ2n) is 8.15. The minimum Gasteiger partial charge on any atom is -0.465 e. The molecule has 3 rings (SSSR count). The molecule has 0 spiro atoms. The molecule has 2 fully saturated rings. The van der Waals surface area contributed by atoms with Crippen LogP contribution in [0.4, 0.5) is 13.2 Å². The van der Waals surface area contributed by atoms with E-state index < -0.39 is 24.0 Å². The SMILES string of the molecule is Cn1cccc1C(=O)N1CCCCC1CCOC(=O)C1CCCCC1C(F)(F)F. The molecule has 1 amide bonds. The zero-order chi connectivity index (χ0) is 21.0. The van der Waals surface area contributed by atoms with Gasteiger partial charge in [0.1, 0.15) is 5.69 Å². The standard InChI is InChI=1S/C21H29F3N2O3/c1-25-12-6-10-18(25)19(27)26-13-5-4-7-15(26)11-14-29-20(28)16-8-2-3-9-17(16)21(22,23)24/h6,10,12,15-17H,2-5,7-9,11,13-14H2,1H3. The van der Waals surface area contributed by atoms with Gasteiger partial charge in [-0.15, -0.1) is 0 Å². The molecule has 1 saturated carbocycles. The maximum atomic E-state index is 13.2. The van der Waals surface area contributed by atoms with Crippen molar-refractivity contribution in [2.24, 2.45) is 18.9 Å². The zero-order valence-corrected chi connectivity index (χ0v) is 16.8. The van der Waals surface area contributed by atoms with Crippen molar-refractivity contribution in [2.45, 2.75) is 63.6 Å². The summed E-state index contributed by atoms with van der Waals surface area (Å²) in [5.41, 5.74) is 0.601. The van der Waals surface area contributed by atoms with Crippen LogP contribution >= 0.6 is 0 Å². The molecule has 0 N–H and O–H groups in total. The van der Waals surface area contributed by atoms with Crippen molar-refractivity contribution in [2.75, 3.05) is 13.2 Å². The molecule has 3 unspecified atom stereocenters. The lowest BCUT2D eigenvalue weighted by Crippen LogP contribution is -2.45. The predicted octanol–water partition coefficient (Wildman–Crippen LogP) is 4.32. The number of hydrogen-bond acceptors (Lipinski definition) is 3. The third-order valence-corrected chi connectivity index (χ3v) is 6.24. The van der Waals surface area contributed by atoms with Gasteiger partial charge in [-0.05, 0) is 44.2 Å². The van der Waals surface area contributed by atoms with E-state index in [2.05, 4.69) is 0 Å². The Morgan fingerprint density at radius 3 is 2.55 bits per heavy atom. The number of carbonyl (C=O) groups excluding carboxylic acids is 2. The van der Waals surface area contributed by atoms with Crippen molar-refractivity contribution in [1.29, 1.82) is 0 Å². The molecular formula is C21H29F3N2O3. The van der Waals surface area contributed by atoms with E-state index in [0.717, 1.165) is 19.3 Å². The number of ether oxygens (including phenoxy) is 1. The quantitative estimate of drug-likeness (QED) is 0.675. The highest BCUT2D eigenvalue weighted by molar-refractivity contribution is 5.93. The van der Waals surface area contributed by atoms with Crippen LogP contribution in [0.15, 0.2) is 18.3 Å². The monoisotopic (exact) mass is 414 g/mol. The van der Waals surface area contributed by atoms with Crippen LogP contribution < -0.4 is 0 Å². The Morgan fingerprint density at radius 1 is 1.14 bits per heavy atom. The molecule has 162 valence electrons. The lowest BCUT2D eigenvalue weighted by molar-refractivity contribution is -0.205. The molecule has 2 aliphatic rings. The van der Waals surface area contributed by atoms with Gasteiger partial charge in [0.25, 0.3) is 5.91 Å². The lowest BCUT2D eigenvalue weighted by Gasteiger charge is -2.36. The van der Waals surface area contributed by atoms with E-state index in [-0.39, 0.29) is 31.4 Å². The van der Waals surface area contributed by atoms with E-state index in [4.69, 9.17) is 4.74 Å². The Hall–Kier alpha value is -1.99. The van der Waals surface area contributed by atoms with Crippen LogP contribution in [0.5, 0.6) is 0 Å². The van der Waals surface area contributed by atoms with Gasteiger partial charge in [-0.2, -0.15) is 13.2 Å². The minimum atomic E-state index is -4.37. The largest absolute Gasteiger partial charge is 0.465 e. The summed E-state index contributed by atoms with van der Waals surface area (Å²) in [7, 11) is 1.81. The van der Waals surface area contributed by atoms with Gasteiger partial charge in [-0.1, -0.05) is 12.8 Å². The number of alkyl halides is 3. The Balaban J connectivity index is 1.56. The third-order valence-electron chi connectivity index (χ3n) is 6.24. The summed E-state index contributed by atoms with van der Waals surface area (Å²) < 4.78 is 46.7. The molecule has 2 heterocycles. The maximum absolute atomic E-state index is 13.2. The first-order valence-electron chi connectivity index (χ1n) is 10.4. The number of amides is 1. The first-order valence-corrected chi connectivity index (χ1v) is 10.4. The van der Waals surface area contributed by atoms with Crippen molar-refractivity contribution in [3.8, 4) is 0 Å². The maximum Gasteiger partial charge on any atom is 0.392 e. The molecule has 8 heteroatoms. The molecule has 0 aromatic carbocycles. The van der Waals surface area contributed by atoms with Crippen molar-refractivity contribution in [3.05, 3.63) is 24.0 Å². The predicted molar refractivity (Wildman–Crippen MR) is 101 cm³/mol. The number of aromatic nitrogens is 1. The second kappa shape index (κ2) is 9.22. The molecule has 1 saturated heterocycles. The van der Waals surface area contributed by atoms with Gasteiger partial charge in [0.2, 0.25) is 0 Å². The summed E-state index contributed by atoms with van der Waals surface area (Å²) in [4.78, 5) is 27.0. The smallest absolute Gasteiger partial charge is 0.392 e. The van der Waals surface area contributed by atoms with Crippen LogP contribution in [-0.2, 0) is 16.6 Å². The van der Waals surface area contributed by atoms with E-state index >= 15 is 0 Å². The first kappa shape index (κ1) is 21.7. The van der Waals surface area contributed by atoms with Crippen molar-refractivity contribution in [1.82, 2.24) is 9.47 Å². The molecule has 1 aliphatic carbocycles. The average Bonchev–Trinajstić information content (AvgIpc) is 3.13. The van der Waals surface area contributed by atoms with E-state index in [0.29, 0.717) is 31.5 Å². The van der Waals surface area contributed by atoms with Crippen LogP contribution in [0.3, 0.4) is 0 Å². The van der Waals surface area contributed by atoms with Crippen LogP contribution in [0.2, 0.25) is 0 Å². The Kier molecular flexibility index (Phi) is 6.90. The van der Waals surface area contributed by atoms with Gasteiger partial charge in [0.05, 0.1) is 18.4 Å². The van der Waals surface area contributed by atoms with Gasteiger partial charge in [0, 0.05) is 32.3 Å². The van der Waals surface area contributed by atoms with Crippen LogP contribution in [0.25, 0.3) is 0 Å². The highest BCUT2D eigenvalue weighted by Gasteiger charge is 2.48. The lowest BCUT2D eigenvalue weighted by atomic mass is 9.79. The fourth-order valence-corrected chi connectivity index (χ4v) is 4.61. The van der Waals surface area contributed by atoms with E-state index in [1.807, 2.05) is 24.2 Å². The fourth-order valence-electron chi connectivity index (χ4n) is 4.61. The summed E-state index contributed by atoms with van der Waals surface area (Å²) in [6.45, 7) is 0.683. The molecule has 0 bridgehead atoms. The summed E-state index contributed by atoms with van der Waals surface area (Å²) in [5, 5.41) is 0. The first-order chi connectivity index (χ1) is 13.8. The summed E-state index contributed by atoms with van der Waals surface area (Å²) in [5.74, 6) is -3.51. The van der Waals surface area contributed by atoms with Gasteiger partial charge < -0.3 is 14.2 Å². The number of nitrogens with zero attached hydrogens (tertiary/aromatic N) is 2. The normalized spacial score (nSPS) is 25.7. The molecule has 5 nitrogen and oxygen atoms in total. The number of esters is 1. The molecule has 3 atom stereocenters. The Morgan fingerprint density at radius 2 is 1.86 bits per heavy atom.